The number of rotatable bonds is 5. The second-order valence-electron chi connectivity index (χ2n) is 3.38. The Kier molecular flexibility index (Phi) is 4.28. The number of hydrogen-bond donors (Lipinski definition) is 2. The molecule has 0 bridgehead atoms. The first kappa shape index (κ1) is 13.0. The van der Waals surface area contributed by atoms with Crippen LogP contribution in [0.3, 0.4) is 0 Å². The smallest absolute Gasteiger partial charge is 0.241 e. The van der Waals surface area contributed by atoms with Gasteiger partial charge in [-0.25, -0.2) is 13.1 Å². The Bertz CT molecular complexity index is 444. The van der Waals surface area contributed by atoms with Crippen molar-refractivity contribution < 1.29 is 18.3 Å². The number of ether oxygens (including phenoxy) is 1. The zero-order valence-corrected chi connectivity index (χ0v) is 9.99. The van der Waals surface area contributed by atoms with Crippen LogP contribution in [0.2, 0.25) is 0 Å². The molecule has 90 valence electrons. The van der Waals surface area contributed by atoms with Crippen molar-refractivity contribution in [2.45, 2.75) is 17.9 Å². The van der Waals surface area contributed by atoms with Crippen molar-refractivity contribution in [3.8, 4) is 5.75 Å². The third kappa shape index (κ3) is 3.19. The molecule has 0 fully saturated rings. The van der Waals surface area contributed by atoms with Gasteiger partial charge in [-0.15, -0.1) is 0 Å². The number of aliphatic hydroxyl groups excluding tert-OH is 1. The molecule has 0 aliphatic carbocycles. The topological polar surface area (TPSA) is 75.6 Å². The van der Waals surface area contributed by atoms with Gasteiger partial charge in [-0.3, -0.25) is 0 Å². The summed E-state index contributed by atoms with van der Waals surface area (Å²) in [5.74, 6) is 0.472. The number of hydrogen-bond acceptors (Lipinski definition) is 4. The lowest BCUT2D eigenvalue weighted by Crippen LogP contribution is -2.34. The number of nitrogens with one attached hydrogen (secondary N) is 1. The Hall–Kier alpha value is -1.11. The molecule has 0 heterocycles. The fourth-order valence-electron chi connectivity index (χ4n) is 1.14. The predicted molar refractivity (Wildman–Crippen MR) is 59.9 cm³/mol. The largest absolute Gasteiger partial charge is 0.497 e. The average molecular weight is 245 g/mol. The van der Waals surface area contributed by atoms with Crippen molar-refractivity contribution in [3.63, 3.8) is 0 Å². The van der Waals surface area contributed by atoms with Crippen molar-refractivity contribution in [3.05, 3.63) is 24.3 Å². The Morgan fingerprint density at radius 1 is 1.50 bits per heavy atom. The molecule has 0 amide bonds. The lowest BCUT2D eigenvalue weighted by Gasteiger charge is -2.11. The molecule has 16 heavy (non-hydrogen) atoms. The van der Waals surface area contributed by atoms with Crippen LogP contribution in [-0.4, -0.2) is 33.3 Å². The molecule has 0 aliphatic rings. The third-order valence-corrected chi connectivity index (χ3v) is 3.57. The van der Waals surface area contributed by atoms with Crippen LogP contribution < -0.4 is 9.46 Å². The van der Waals surface area contributed by atoms with Crippen LogP contribution in [0, 0.1) is 0 Å². The van der Waals surface area contributed by atoms with E-state index in [2.05, 4.69) is 4.72 Å². The third-order valence-electron chi connectivity index (χ3n) is 1.98. The molecule has 0 aliphatic heterocycles. The van der Waals surface area contributed by atoms with E-state index in [-0.39, 0.29) is 11.5 Å². The zero-order valence-electron chi connectivity index (χ0n) is 9.17. The van der Waals surface area contributed by atoms with Gasteiger partial charge in [0.25, 0.3) is 0 Å². The van der Waals surface area contributed by atoms with Crippen molar-refractivity contribution >= 4 is 10.0 Å². The maximum absolute atomic E-state index is 11.8. The summed E-state index contributed by atoms with van der Waals surface area (Å²) in [7, 11) is -2.13. The highest BCUT2D eigenvalue weighted by molar-refractivity contribution is 7.89. The molecule has 0 aromatic heterocycles. The minimum Gasteiger partial charge on any atom is -0.497 e. The van der Waals surface area contributed by atoms with Gasteiger partial charge in [-0.2, -0.15) is 0 Å². The summed E-state index contributed by atoms with van der Waals surface area (Å²) in [5, 5.41) is 8.79. The van der Waals surface area contributed by atoms with Crippen molar-refractivity contribution in [1.29, 1.82) is 0 Å². The van der Waals surface area contributed by atoms with Gasteiger partial charge in [0, 0.05) is 12.1 Å². The molecule has 6 heteroatoms. The number of sulfonamides is 1. The Labute approximate surface area is 95.1 Å². The Morgan fingerprint density at radius 3 is 2.75 bits per heavy atom. The minimum atomic E-state index is -3.59. The fraction of sp³-hybridized carbons (Fsp3) is 0.400. The summed E-state index contributed by atoms with van der Waals surface area (Å²) in [4.78, 5) is 0.118. The average Bonchev–Trinajstić information content (AvgIpc) is 2.28. The first-order valence-corrected chi connectivity index (χ1v) is 6.25. The predicted octanol–water partition coefficient (Wildman–Crippen LogP) is 0.354. The number of benzene rings is 1. The van der Waals surface area contributed by atoms with Crippen molar-refractivity contribution in [2.75, 3.05) is 13.7 Å². The van der Waals surface area contributed by atoms with Gasteiger partial charge in [0.05, 0.1) is 18.6 Å². The quantitative estimate of drug-likeness (QED) is 0.785. The summed E-state index contributed by atoms with van der Waals surface area (Å²) >= 11 is 0. The van der Waals surface area contributed by atoms with Crippen LogP contribution in [-0.2, 0) is 10.0 Å². The standard InChI is InChI=1S/C10H15NO4S/c1-8(7-12)11-16(13,14)10-5-3-4-9(6-10)15-2/h3-6,8,11-12H,7H2,1-2H3. The molecule has 2 N–H and O–H groups in total. The van der Waals surface area contributed by atoms with E-state index in [1.165, 1.54) is 19.2 Å². The van der Waals surface area contributed by atoms with E-state index in [1.807, 2.05) is 0 Å². The molecule has 1 atom stereocenters. The molecule has 0 saturated heterocycles. The molecule has 1 rings (SSSR count). The highest BCUT2D eigenvalue weighted by atomic mass is 32.2. The lowest BCUT2D eigenvalue weighted by molar-refractivity contribution is 0.265. The maximum atomic E-state index is 11.8. The maximum Gasteiger partial charge on any atom is 0.241 e. The molecule has 5 nitrogen and oxygen atoms in total. The summed E-state index contributed by atoms with van der Waals surface area (Å²) in [6, 6.07) is 5.63. The van der Waals surface area contributed by atoms with E-state index in [1.54, 1.807) is 19.1 Å². The highest BCUT2D eigenvalue weighted by Gasteiger charge is 2.17. The van der Waals surface area contributed by atoms with E-state index in [9.17, 15) is 8.42 Å². The lowest BCUT2D eigenvalue weighted by atomic mass is 10.3. The molecule has 1 aromatic carbocycles. The Balaban J connectivity index is 2.98. The number of methoxy groups -OCH3 is 1. The molecule has 0 saturated carbocycles. The van der Waals surface area contributed by atoms with E-state index < -0.39 is 16.1 Å². The molecule has 1 unspecified atom stereocenters. The van der Waals surface area contributed by atoms with Gasteiger partial charge in [0.1, 0.15) is 5.75 Å². The highest BCUT2D eigenvalue weighted by Crippen LogP contribution is 2.16. The van der Waals surface area contributed by atoms with Crippen molar-refractivity contribution in [2.24, 2.45) is 0 Å². The second-order valence-corrected chi connectivity index (χ2v) is 5.10. The summed E-state index contributed by atoms with van der Waals surface area (Å²) in [5.41, 5.74) is 0. The van der Waals surface area contributed by atoms with Gasteiger partial charge in [0.15, 0.2) is 0 Å². The van der Waals surface area contributed by atoms with Gasteiger partial charge in [-0.1, -0.05) is 6.07 Å². The van der Waals surface area contributed by atoms with Crippen LogP contribution in [0.5, 0.6) is 5.75 Å². The van der Waals surface area contributed by atoms with Gasteiger partial charge in [-0.05, 0) is 19.1 Å². The Morgan fingerprint density at radius 2 is 2.19 bits per heavy atom. The van der Waals surface area contributed by atoms with Gasteiger partial charge >= 0.3 is 0 Å². The first-order valence-electron chi connectivity index (χ1n) is 4.77. The van der Waals surface area contributed by atoms with Crippen LogP contribution in [0.1, 0.15) is 6.92 Å². The van der Waals surface area contributed by atoms with E-state index in [4.69, 9.17) is 9.84 Å². The number of aliphatic hydroxyl groups is 1. The molecule has 0 spiro atoms. The van der Waals surface area contributed by atoms with Crippen molar-refractivity contribution in [1.82, 2.24) is 4.72 Å². The van der Waals surface area contributed by atoms with E-state index >= 15 is 0 Å². The van der Waals surface area contributed by atoms with Crippen LogP contribution in [0.25, 0.3) is 0 Å². The van der Waals surface area contributed by atoms with E-state index in [0.29, 0.717) is 5.75 Å². The zero-order chi connectivity index (χ0) is 12.2. The summed E-state index contributed by atoms with van der Waals surface area (Å²) in [6.07, 6.45) is 0. The van der Waals surface area contributed by atoms with Crippen LogP contribution in [0.4, 0.5) is 0 Å². The minimum absolute atomic E-state index is 0.118. The van der Waals surface area contributed by atoms with Gasteiger partial charge < -0.3 is 9.84 Å². The summed E-state index contributed by atoms with van der Waals surface area (Å²) in [6.45, 7) is 1.33. The molecular formula is C10H15NO4S. The fourth-order valence-corrected chi connectivity index (χ4v) is 2.41. The SMILES string of the molecule is COc1cccc(S(=O)(=O)NC(C)CO)c1. The molecular weight excluding hydrogens is 230 g/mol. The van der Waals surface area contributed by atoms with Gasteiger partial charge in [0.2, 0.25) is 10.0 Å². The van der Waals surface area contributed by atoms with Crippen LogP contribution in [0.15, 0.2) is 29.2 Å². The van der Waals surface area contributed by atoms with E-state index in [0.717, 1.165) is 0 Å². The molecule has 1 aromatic rings. The van der Waals surface area contributed by atoms with Crippen LogP contribution >= 0.6 is 0 Å². The second kappa shape index (κ2) is 5.29. The first-order chi connectivity index (χ1) is 7.49. The monoisotopic (exact) mass is 245 g/mol. The normalized spacial score (nSPS) is 13.4. The molecule has 0 radical (unpaired) electrons. The summed E-state index contributed by atoms with van der Waals surface area (Å²) < 4.78 is 30.9.